The number of hydrogen-bond donors (Lipinski definition) is 3. The van der Waals surface area contributed by atoms with Gasteiger partial charge in [0.2, 0.25) is 11.8 Å². The second-order valence-electron chi connectivity index (χ2n) is 9.09. The Kier molecular flexibility index (Phi) is 11.1. The fourth-order valence-corrected chi connectivity index (χ4v) is 4.56. The predicted molar refractivity (Wildman–Crippen MR) is 117 cm³/mol. The Balaban J connectivity index is 2.71. The highest BCUT2D eigenvalue weighted by atomic mass is 31.2. The molecule has 1 aliphatic rings. The molecule has 13 nitrogen and oxygen atoms in total. The Labute approximate surface area is 198 Å². The van der Waals surface area contributed by atoms with Crippen molar-refractivity contribution < 1.29 is 51.9 Å². The van der Waals surface area contributed by atoms with Crippen LogP contribution in [0.5, 0.6) is 0 Å². The monoisotopic (exact) mass is 510 g/mol. The van der Waals surface area contributed by atoms with Gasteiger partial charge in [-0.15, -0.1) is 0 Å². The average molecular weight is 510 g/mol. The van der Waals surface area contributed by atoms with Crippen LogP contribution in [0.15, 0.2) is 0 Å². The first-order valence-corrected chi connectivity index (χ1v) is 12.1. The molecule has 3 N–H and O–H groups in total. The molecule has 2 amide bonds. The van der Waals surface area contributed by atoms with Gasteiger partial charge < -0.3 is 25.2 Å². The van der Waals surface area contributed by atoms with E-state index in [-0.39, 0.29) is 32.5 Å². The van der Waals surface area contributed by atoms with Crippen LogP contribution in [0, 0.1) is 10.8 Å². The first kappa shape index (κ1) is 30.0. The lowest BCUT2D eigenvalue weighted by molar-refractivity contribution is -0.144. The Bertz CT molecular complexity index is 799. The molecule has 14 heteroatoms. The molecule has 0 aliphatic carbocycles. The molecule has 196 valence electrons. The molecule has 0 saturated carbocycles. The first-order valence-electron chi connectivity index (χ1n) is 10.6. The fraction of sp³-hybridized carbons (Fsp3) is 0.800. The number of aliphatic hydroxyl groups is 1. The summed E-state index contributed by atoms with van der Waals surface area (Å²) >= 11 is 0. The highest BCUT2D eigenvalue weighted by Crippen LogP contribution is 2.57. The number of amides is 2. The van der Waals surface area contributed by atoms with Crippen molar-refractivity contribution >= 4 is 31.6 Å². The standard InChI is InChI=1S/C20H35N2O11P/c1-19(2,15(25)17(26)21-9-7-13(23)29-5)11-31-34(28)32-12-20(3,4)16(33-34)18(27)22-10-8-14(24)30-6/h15-16,25H,7-12H2,1-6H3,(H,21,26)(H,22,27)/t15-,16-,34?/m0/s1. The lowest BCUT2D eigenvalue weighted by Gasteiger charge is -2.40. The van der Waals surface area contributed by atoms with Crippen molar-refractivity contribution in [2.75, 3.05) is 40.5 Å². The molecular formula is C20H35N2O11P. The summed E-state index contributed by atoms with van der Waals surface area (Å²) in [6, 6.07) is 0. The number of carbonyl (C=O) groups is 4. The van der Waals surface area contributed by atoms with Gasteiger partial charge in [0.1, 0.15) is 6.10 Å². The van der Waals surface area contributed by atoms with E-state index >= 15 is 0 Å². The van der Waals surface area contributed by atoms with E-state index in [2.05, 4.69) is 20.1 Å². The van der Waals surface area contributed by atoms with Crippen LogP contribution in [0.1, 0.15) is 40.5 Å². The van der Waals surface area contributed by atoms with Crippen LogP contribution in [0.3, 0.4) is 0 Å². The van der Waals surface area contributed by atoms with Crippen molar-refractivity contribution in [3.05, 3.63) is 0 Å². The molecule has 34 heavy (non-hydrogen) atoms. The third-order valence-corrected chi connectivity index (χ3v) is 6.43. The Morgan fingerprint density at radius 3 is 2.15 bits per heavy atom. The second-order valence-corrected chi connectivity index (χ2v) is 10.7. The first-order chi connectivity index (χ1) is 15.7. The summed E-state index contributed by atoms with van der Waals surface area (Å²) in [6.07, 6.45) is -2.90. The molecule has 1 aliphatic heterocycles. The van der Waals surface area contributed by atoms with Crippen LogP contribution >= 0.6 is 7.82 Å². The summed E-state index contributed by atoms with van der Waals surface area (Å²) in [5.74, 6) is -2.39. The van der Waals surface area contributed by atoms with E-state index in [1.807, 2.05) is 0 Å². The minimum atomic E-state index is -4.22. The molecule has 3 atom stereocenters. The van der Waals surface area contributed by atoms with Crippen LogP contribution in [-0.2, 0) is 46.8 Å². The maximum Gasteiger partial charge on any atom is 0.475 e. The Morgan fingerprint density at radius 1 is 1.09 bits per heavy atom. The number of hydrogen-bond acceptors (Lipinski definition) is 11. The third kappa shape index (κ3) is 8.95. The summed E-state index contributed by atoms with van der Waals surface area (Å²) in [6.45, 7) is 5.76. The number of nitrogens with one attached hydrogen (secondary N) is 2. The number of methoxy groups -OCH3 is 2. The second kappa shape index (κ2) is 12.6. The summed E-state index contributed by atoms with van der Waals surface area (Å²) in [5, 5.41) is 15.3. The van der Waals surface area contributed by atoms with E-state index < -0.39 is 61.2 Å². The zero-order valence-corrected chi connectivity index (χ0v) is 21.3. The van der Waals surface area contributed by atoms with Crippen molar-refractivity contribution in [1.82, 2.24) is 10.6 Å². The van der Waals surface area contributed by atoms with Crippen molar-refractivity contribution in [1.29, 1.82) is 0 Å². The summed E-state index contributed by atoms with van der Waals surface area (Å²) in [5.41, 5.74) is -2.09. The maximum atomic E-state index is 13.0. The largest absolute Gasteiger partial charge is 0.475 e. The van der Waals surface area contributed by atoms with E-state index in [0.29, 0.717) is 0 Å². The van der Waals surface area contributed by atoms with Gasteiger partial charge in [0.05, 0.1) is 40.3 Å². The summed E-state index contributed by atoms with van der Waals surface area (Å²) in [4.78, 5) is 47.2. The number of carbonyl (C=O) groups excluding carboxylic acids is 4. The highest BCUT2D eigenvalue weighted by Gasteiger charge is 2.50. The Morgan fingerprint density at radius 2 is 1.62 bits per heavy atom. The molecule has 0 aromatic carbocycles. The molecule has 1 fully saturated rings. The number of aliphatic hydroxyl groups excluding tert-OH is 1. The van der Waals surface area contributed by atoms with Gasteiger partial charge in [-0.2, -0.15) is 0 Å². The topological polar surface area (TPSA) is 176 Å². The number of ether oxygens (including phenoxy) is 2. The molecule has 0 bridgehead atoms. The van der Waals surface area contributed by atoms with Crippen LogP contribution in [0.2, 0.25) is 0 Å². The highest BCUT2D eigenvalue weighted by molar-refractivity contribution is 7.48. The van der Waals surface area contributed by atoms with Crippen LogP contribution < -0.4 is 10.6 Å². The van der Waals surface area contributed by atoms with E-state index in [0.717, 1.165) is 0 Å². The van der Waals surface area contributed by atoms with Crippen LogP contribution in [0.25, 0.3) is 0 Å². The molecule has 1 unspecified atom stereocenters. The lowest BCUT2D eigenvalue weighted by Crippen LogP contribution is -2.50. The number of esters is 2. The molecule has 0 spiro atoms. The summed E-state index contributed by atoms with van der Waals surface area (Å²) < 4.78 is 38.1. The molecule has 0 aromatic heterocycles. The minimum absolute atomic E-state index is 0.00221. The van der Waals surface area contributed by atoms with Gasteiger partial charge in [-0.25, -0.2) is 4.57 Å². The fourth-order valence-electron chi connectivity index (χ4n) is 2.74. The summed E-state index contributed by atoms with van der Waals surface area (Å²) in [7, 11) is -1.78. The van der Waals surface area contributed by atoms with Crippen molar-refractivity contribution in [2.45, 2.75) is 52.7 Å². The van der Waals surface area contributed by atoms with Crippen molar-refractivity contribution in [3.8, 4) is 0 Å². The van der Waals surface area contributed by atoms with Crippen molar-refractivity contribution in [2.24, 2.45) is 10.8 Å². The zero-order valence-electron chi connectivity index (χ0n) is 20.4. The molecule has 1 saturated heterocycles. The van der Waals surface area contributed by atoms with E-state index in [9.17, 15) is 28.8 Å². The maximum absolute atomic E-state index is 13.0. The molecule has 1 rings (SSSR count). The van der Waals surface area contributed by atoms with Gasteiger partial charge in [0, 0.05) is 23.9 Å². The quantitative estimate of drug-likeness (QED) is 0.243. The smallest absolute Gasteiger partial charge is 0.469 e. The molecule has 0 aromatic rings. The van der Waals surface area contributed by atoms with Gasteiger partial charge in [-0.3, -0.25) is 32.7 Å². The van der Waals surface area contributed by atoms with Crippen LogP contribution in [0.4, 0.5) is 0 Å². The predicted octanol–water partition coefficient (Wildman–Crippen LogP) is 0.298. The number of phosphoric acid groups is 1. The molecule has 1 heterocycles. The minimum Gasteiger partial charge on any atom is -0.469 e. The zero-order chi connectivity index (χ0) is 26.2. The van der Waals surface area contributed by atoms with Gasteiger partial charge in [0.25, 0.3) is 0 Å². The van der Waals surface area contributed by atoms with Gasteiger partial charge >= 0.3 is 19.8 Å². The number of phosphoric ester groups is 1. The van der Waals surface area contributed by atoms with Gasteiger partial charge in [0.15, 0.2) is 6.10 Å². The van der Waals surface area contributed by atoms with Crippen LogP contribution in [-0.4, -0.2) is 81.6 Å². The normalized spacial score (nSPS) is 22.9. The number of rotatable bonds is 12. The average Bonchev–Trinajstić information content (AvgIpc) is 2.78. The van der Waals surface area contributed by atoms with E-state index in [4.69, 9.17) is 13.6 Å². The van der Waals surface area contributed by atoms with E-state index in [1.165, 1.54) is 28.1 Å². The van der Waals surface area contributed by atoms with Gasteiger partial charge in [-0.1, -0.05) is 27.7 Å². The lowest BCUT2D eigenvalue weighted by atomic mass is 9.87. The Hall–Kier alpha value is -2.05. The molecule has 0 radical (unpaired) electrons. The van der Waals surface area contributed by atoms with Crippen molar-refractivity contribution in [3.63, 3.8) is 0 Å². The van der Waals surface area contributed by atoms with Gasteiger partial charge in [-0.05, 0) is 0 Å². The molecular weight excluding hydrogens is 475 g/mol. The SMILES string of the molecule is COC(=O)CCNC(=O)[C@H](O)C(C)(C)COP1(=O)OCC(C)(C)[C@H](C(=O)NCCC(=O)OC)O1. The van der Waals surface area contributed by atoms with E-state index in [1.54, 1.807) is 13.8 Å². The third-order valence-electron chi connectivity index (χ3n) is 5.07.